The summed E-state index contributed by atoms with van der Waals surface area (Å²) in [5.74, 6) is -0.622. The van der Waals surface area contributed by atoms with Crippen molar-refractivity contribution in [1.82, 2.24) is 10.2 Å². The zero-order valence-corrected chi connectivity index (χ0v) is 18.6. The number of esters is 1. The van der Waals surface area contributed by atoms with Crippen LogP contribution >= 0.6 is 0 Å². The van der Waals surface area contributed by atoms with Gasteiger partial charge in [0, 0.05) is 13.1 Å². The summed E-state index contributed by atoms with van der Waals surface area (Å²) in [4.78, 5) is 37.9. The number of nitrogens with zero attached hydrogens (tertiary/aromatic N) is 1. The Hall–Kier alpha value is -2.81. The molecule has 0 aliphatic carbocycles. The molecule has 1 aromatic carbocycles. The van der Waals surface area contributed by atoms with Crippen molar-refractivity contribution in [1.29, 1.82) is 0 Å². The number of hydrogen-bond acceptors (Lipinski definition) is 7. The van der Waals surface area contributed by atoms with Crippen LogP contribution in [0.3, 0.4) is 0 Å². The van der Waals surface area contributed by atoms with E-state index in [1.807, 2.05) is 51.1 Å². The Morgan fingerprint density at radius 2 is 1.77 bits per heavy atom. The number of carbonyl (C=O) groups is 3. The zero-order valence-electron chi connectivity index (χ0n) is 18.6. The van der Waals surface area contributed by atoms with E-state index >= 15 is 0 Å². The minimum Gasteiger partial charge on any atom is -0.467 e. The first kappa shape index (κ1) is 24.5. The third-order valence-corrected chi connectivity index (χ3v) is 4.58. The summed E-state index contributed by atoms with van der Waals surface area (Å²) in [7, 11) is 1.24. The van der Waals surface area contributed by atoms with E-state index < -0.39 is 23.7 Å². The monoisotopic (exact) mass is 436 g/mol. The highest BCUT2D eigenvalue weighted by molar-refractivity contribution is 5.81. The van der Waals surface area contributed by atoms with Gasteiger partial charge in [-0.05, 0) is 39.2 Å². The van der Waals surface area contributed by atoms with Crippen molar-refractivity contribution in [2.45, 2.75) is 58.0 Å². The SMILES string of the molecule is COC(=O)[C@H](COC1CCN(C(=O)OC(C)(C)C)CC1)NC(=O)OCc1ccccc1. The number of amides is 2. The Balaban J connectivity index is 1.77. The number of nitrogens with one attached hydrogen (secondary N) is 1. The fourth-order valence-electron chi connectivity index (χ4n) is 2.98. The van der Waals surface area contributed by atoms with E-state index in [1.165, 1.54) is 7.11 Å². The molecule has 1 N–H and O–H groups in total. The highest BCUT2D eigenvalue weighted by Gasteiger charge is 2.29. The lowest BCUT2D eigenvalue weighted by atomic mass is 10.1. The lowest BCUT2D eigenvalue weighted by Crippen LogP contribution is -2.47. The summed E-state index contributed by atoms with van der Waals surface area (Å²) in [5, 5.41) is 2.49. The highest BCUT2D eigenvalue weighted by Crippen LogP contribution is 2.17. The van der Waals surface area contributed by atoms with Crippen molar-refractivity contribution in [2.24, 2.45) is 0 Å². The Labute approximate surface area is 183 Å². The van der Waals surface area contributed by atoms with Gasteiger partial charge in [-0.1, -0.05) is 30.3 Å². The van der Waals surface area contributed by atoms with Crippen molar-refractivity contribution in [3.05, 3.63) is 35.9 Å². The zero-order chi connectivity index (χ0) is 22.9. The average molecular weight is 437 g/mol. The van der Waals surface area contributed by atoms with E-state index in [0.717, 1.165) is 5.56 Å². The van der Waals surface area contributed by atoms with Crippen LogP contribution in [0.4, 0.5) is 9.59 Å². The molecule has 9 heteroatoms. The first-order valence-electron chi connectivity index (χ1n) is 10.3. The quantitative estimate of drug-likeness (QED) is 0.518. The molecule has 31 heavy (non-hydrogen) atoms. The summed E-state index contributed by atoms with van der Waals surface area (Å²) in [6.07, 6.45) is -0.0197. The van der Waals surface area contributed by atoms with Crippen LogP contribution in [0, 0.1) is 0 Å². The van der Waals surface area contributed by atoms with Crippen LogP contribution in [0.5, 0.6) is 0 Å². The minimum absolute atomic E-state index is 0.0514. The van der Waals surface area contributed by atoms with Gasteiger partial charge in [0.15, 0.2) is 6.04 Å². The van der Waals surface area contributed by atoms with E-state index in [0.29, 0.717) is 25.9 Å². The molecule has 0 aromatic heterocycles. The number of piperidine rings is 1. The molecule has 1 fully saturated rings. The minimum atomic E-state index is -0.989. The second kappa shape index (κ2) is 11.5. The van der Waals surface area contributed by atoms with E-state index in [-0.39, 0.29) is 25.4 Å². The van der Waals surface area contributed by atoms with Gasteiger partial charge in [-0.15, -0.1) is 0 Å². The number of likely N-dealkylation sites (tertiary alicyclic amines) is 1. The molecule has 0 radical (unpaired) electrons. The molecule has 0 bridgehead atoms. The highest BCUT2D eigenvalue weighted by atomic mass is 16.6. The number of hydrogen-bond donors (Lipinski definition) is 1. The number of benzene rings is 1. The Bertz CT molecular complexity index is 725. The third-order valence-electron chi connectivity index (χ3n) is 4.58. The van der Waals surface area contributed by atoms with Crippen LogP contribution in [0.1, 0.15) is 39.2 Å². The van der Waals surface area contributed by atoms with Gasteiger partial charge >= 0.3 is 18.2 Å². The lowest BCUT2D eigenvalue weighted by Gasteiger charge is -2.33. The Morgan fingerprint density at radius 1 is 1.13 bits per heavy atom. The fraction of sp³-hybridized carbons (Fsp3) is 0.591. The molecule has 1 heterocycles. The molecule has 1 aliphatic rings. The van der Waals surface area contributed by atoms with E-state index in [1.54, 1.807) is 4.90 Å². The van der Waals surface area contributed by atoms with Crippen LogP contribution in [0.25, 0.3) is 0 Å². The molecule has 1 saturated heterocycles. The second-order valence-electron chi connectivity index (χ2n) is 8.28. The summed E-state index contributed by atoms with van der Waals surface area (Å²) in [6, 6.07) is 8.23. The Morgan fingerprint density at radius 3 is 2.35 bits per heavy atom. The van der Waals surface area contributed by atoms with Gasteiger partial charge in [-0.3, -0.25) is 0 Å². The molecule has 172 valence electrons. The van der Waals surface area contributed by atoms with Gasteiger partial charge in [0.2, 0.25) is 0 Å². The summed E-state index contributed by atoms with van der Waals surface area (Å²) in [5.41, 5.74) is 0.291. The van der Waals surface area contributed by atoms with E-state index in [4.69, 9.17) is 18.9 Å². The van der Waals surface area contributed by atoms with Crippen molar-refractivity contribution in [3.63, 3.8) is 0 Å². The molecule has 2 amide bonds. The van der Waals surface area contributed by atoms with Crippen molar-refractivity contribution in [3.8, 4) is 0 Å². The smallest absolute Gasteiger partial charge is 0.410 e. The van der Waals surface area contributed by atoms with E-state index in [9.17, 15) is 14.4 Å². The molecule has 2 rings (SSSR count). The molecule has 0 unspecified atom stereocenters. The number of rotatable bonds is 7. The van der Waals surface area contributed by atoms with Crippen LogP contribution < -0.4 is 5.32 Å². The van der Waals surface area contributed by atoms with Gasteiger partial charge in [-0.25, -0.2) is 14.4 Å². The van der Waals surface area contributed by atoms with Gasteiger partial charge in [0.1, 0.15) is 12.2 Å². The van der Waals surface area contributed by atoms with Gasteiger partial charge < -0.3 is 29.2 Å². The van der Waals surface area contributed by atoms with Gasteiger partial charge in [-0.2, -0.15) is 0 Å². The summed E-state index contributed by atoms with van der Waals surface area (Å²) in [6.45, 7) is 6.50. The number of alkyl carbamates (subject to hydrolysis) is 1. The van der Waals surface area contributed by atoms with Gasteiger partial charge in [0.25, 0.3) is 0 Å². The average Bonchev–Trinajstić information content (AvgIpc) is 2.74. The molecular formula is C22H32N2O7. The standard InChI is InChI=1S/C22H32N2O7/c1-22(2,3)31-21(27)24-12-10-17(11-13-24)29-15-18(19(25)28-4)23-20(26)30-14-16-8-6-5-7-9-16/h5-9,17-18H,10-15H2,1-4H3,(H,23,26)/t18-/m0/s1. The summed E-state index contributed by atoms with van der Waals surface area (Å²) >= 11 is 0. The maximum absolute atomic E-state index is 12.1. The second-order valence-corrected chi connectivity index (χ2v) is 8.28. The van der Waals surface area contributed by atoms with Gasteiger partial charge in [0.05, 0.1) is 19.8 Å². The van der Waals surface area contributed by atoms with Crippen molar-refractivity contribution >= 4 is 18.2 Å². The third kappa shape index (κ3) is 8.84. The number of carbonyl (C=O) groups excluding carboxylic acids is 3. The molecule has 0 spiro atoms. The maximum Gasteiger partial charge on any atom is 0.410 e. The molecule has 1 aliphatic heterocycles. The topological polar surface area (TPSA) is 103 Å². The summed E-state index contributed by atoms with van der Waals surface area (Å²) < 4.78 is 21.1. The first-order chi connectivity index (χ1) is 14.7. The predicted octanol–water partition coefficient (Wildman–Crippen LogP) is 2.87. The first-order valence-corrected chi connectivity index (χ1v) is 10.3. The van der Waals surface area contributed by atoms with Crippen LogP contribution in [0.15, 0.2) is 30.3 Å². The maximum atomic E-state index is 12.1. The number of ether oxygens (including phenoxy) is 4. The largest absolute Gasteiger partial charge is 0.467 e. The van der Waals surface area contributed by atoms with Crippen molar-refractivity contribution in [2.75, 3.05) is 26.8 Å². The molecule has 1 atom stereocenters. The molecule has 1 aromatic rings. The number of methoxy groups -OCH3 is 1. The molecule has 9 nitrogen and oxygen atoms in total. The lowest BCUT2D eigenvalue weighted by molar-refractivity contribution is -0.145. The van der Waals surface area contributed by atoms with Crippen LogP contribution in [-0.4, -0.2) is 67.6 Å². The van der Waals surface area contributed by atoms with Crippen LogP contribution in [0.2, 0.25) is 0 Å². The fourth-order valence-corrected chi connectivity index (χ4v) is 2.98. The van der Waals surface area contributed by atoms with Crippen molar-refractivity contribution < 1.29 is 33.3 Å². The molecule has 0 saturated carbocycles. The van der Waals surface area contributed by atoms with Crippen LogP contribution in [-0.2, 0) is 30.3 Å². The Kier molecular flexibility index (Phi) is 9.11. The normalized spacial score (nSPS) is 15.7. The van der Waals surface area contributed by atoms with E-state index in [2.05, 4.69) is 5.32 Å². The molecular weight excluding hydrogens is 404 g/mol. The predicted molar refractivity (Wildman–Crippen MR) is 112 cm³/mol.